The van der Waals surface area contributed by atoms with Crippen LogP contribution in [0.2, 0.25) is 0 Å². The molecular weight excluding hydrogens is 330 g/mol. The second-order valence-electron chi connectivity index (χ2n) is 4.54. The number of anilines is 2. The average molecular weight is 348 g/mol. The topological polar surface area (TPSA) is 45.2 Å². The number of benzene rings is 1. The lowest BCUT2D eigenvalue weighted by Crippen LogP contribution is -2.31. The highest BCUT2D eigenvalue weighted by Gasteiger charge is 2.14. The highest BCUT2D eigenvalue weighted by atomic mass is 79.9. The maximum atomic E-state index is 12.3. The van der Waals surface area contributed by atoms with Crippen LogP contribution in [-0.4, -0.2) is 28.9 Å². The van der Waals surface area contributed by atoms with Crippen molar-refractivity contribution in [3.63, 3.8) is 0 Å². The Hall–Kier alpha value is -1.88. The van der Waals surface area contributed by atoms with Crippen LogP contribution in [0, 0.1) is 0 Å². The Morgan fingerprint density at radius 1 is 1.14 bits per heavy atom. The number of aromatic nitrogens is 1. The van der Waals surface area contributed by atoms with Gasteiger partial charge in [0.25, 0.3) is 5.91 Å². The largest absolute Gasteiger partial charge is 0.355 e. The van der Waals surface area contributed by atoms with E-state index >= 15 is 0 Å². The predicted molar refractivity (Wildman–Crippen MR) is 88.9 cm³/mol. The molecule has 0 bridgehead atoms. The number of nitrogens with one attached hydrogen (secondary N) is 1. The molecule has 0 radical (unpaired) electrons. The molecule has 0 aliphatic carbocycles. The van der Waals surface area contributed by atoms with E-state index in [1.165, 1.54) is 0 Å². The molecule has 0 saturated carbocycles. The number of nitrogens with zero attached hydrogens (tertiary/aromatic N) is 2. The zero-order valence-corrected chi connectivity index (χ0v) is 13.7. The lowest BCUT2D eigenvalue weighted by molar-refractivity contribution is 0.0767. The van der Waals surface area contributed by atoms with Crippen LogP contribution in [0.25, 0.3) is 0 Å². The van der Waals surface area contributed by atoms with Gasteiger partial charge >= 0.3 is 0 Å². The van der Waals surface area contributed by atoms with Crippen LogP contribution in [-0.2, 0) is 0 Å². The van der Waals surface area contributed by atoms with Gasteiger partial charge in [0, 0.05) is 35.1 Å². The molecule has 0 fully saturated rings. The van der Waals surface area contributed by atoms with E-state index in [0.29, 0.717) is 18.8 Å². The van der Waals surface area contributed by atoms with Crippen LogP contribution in [0.4, 0.5) is 11.4 Å². The van der Waals surface area contributed by atoms with E-state index in [1.807, 2.05) is 44.2 Å². The molecule has 5 heteroatoms. The van der Waals surface area contributed by atoms with Crippen LogP contribution < -0.4 is 5.32 Å². The zero-order chi connectivity index (χ0) is 15.2. The SMILES string of the molecule is CCN(CC)C(=O)c1cc(Nc2ccc(Br)cc2)ccn1. The van der Waals surface area contributed by atoms with Crippen molar-refractivity contribution in [3.05, 3.63) is 52.8 Å². The van der Waals surface area contributed by atoms with Crippen molar-refractivity contribution in [2.75, 3.05) is 18.4 Å². The molecule has 0 saturated heterocycles. The second-order valence-corrected chi connectivity index (χ2v) is 5.45. The van der Waals surface area contributed by atoms with Crippen molar-refractivity contribution in [2.45, 2.75) is 13.8 Å². The first-order valence-electron chi connectivity index (χ1n) is 6.92. The molecule has 0 unspecified atom stereocenters. The van der Waals surface area contributed by atoms with Crippen molar-refractivity contribution in [1.29, 1.82) is 0 Å². The summed E-state index contributed by atoms with van der Waals surface area (Å²) in [7, 11) is 0. The van der Waals surface area contributed by atoms with Crippen molar-refractivity contribution < 1.29 is 4.79 Å². The summed E-state index contributed by atoms with van der Waals surface area (Å²) in [5, 5.41) is 3.27. The molecule has 0 aliphatic rings. The zero-order valence-electron chi connectivity index (χ0n) is 12.1. The molecule has 0 spiro atoms. The smallest absolute Gasteiger partial charge is 0.272 e. The Kier molecular flexibility index (Phi) is 5.33. The summed E-state index contributed by atoms with van der Waals surface area (Å²) in [6.07, 6.45) is 1.65. The Morgan fingerprint density at radius 3 is 2.43 bits per heavy atom. The highest BCUT2D eigenvalue weighted by molar-refractivity contribution is 9.10. The van der Waals surface area contributed by atoms with Crippen molar-refractivity contribution in [1.82, 2.24) is 9.88 Å². The molecule has 110 valence electrons. The van der Waals surface area contributed by atoms with E-state index in [4.69, 9.17) is 0 Å². The predicted octanol–water partition coefficient (Wildman–Crippen LogP) is 4.07. The van der Waals surface area contributed by atoms with Gasteiger partial charge in [-0.15, -0.1) is 0 Å². The number of pyridine rings is 1. The Bertz CT molecular complexity index is 609. The summed E-state index contributed by atoms with van der Waals surface area (Å²) < 4.78 is 1.03. The van der Waals surface area contributed by atoms with Crippen LogP contribution in [0.15, 0.2) is 47.1 Å². The quantitative estimate of drug-likeness (QED) is 0.886. The number of halogens is 1. The monoisotopic (exact) mass is 347 g/mol. The third-order valence-electron chi connectivity index (χ3n) is 3.16. The standard InChI is InChI=1S/C16H18BrN3O/c1-3-20(4-2)16(21)15-11-14(9-10-18-15)19-13-7-5-12(17)6-8-13/h5-11H,3-4H2,1-2H3,(H,18,19). The van der Waals surface area contributed by atoms with Gasteiger partial charge in [0.1, 0.15) is 5.69 Å². The summed E-state index contributed by atoms with van der Waals surface area (Å²) in [6.45, 7) is 5.29. The minimum absolute atomic E-state index is 0.0422. The lowest BCUT2D eigenvalue weighted by atomic mass is 10.2. The summed E-state index contributed by atoms with van der Waals surface area (Å²) >= 11 is 3.41. The van der Waals surface area contributed by atoms with Crippen molar-refractivity contribution in [3.8, 4) is 0 Å². The van der Waals surface area contributed by atoms with Gasteiger partial charge in [-0.2, -0.15) is 0 Å². The van der Waals surface area contributed by atoms with Gasteiger partial charge in [-0.1, -0.05) is 15.9 Å². The van der Waals surface area contributed by atoms with E-state index in [1.54, 1.807) is 17.2 Å². The summed E-state index contributed by atoms with van der Waals surface area (Å²) in [6, 6.07) is 11.5. The fraction of sp³-hybridized carbons (Fsp3) is 0.250. The Morgan fingerprint density at radius 2 is 1.81 bits per heavy atom. The molecule has 1 heterocycles. The molecule has 2 aromatic rings. The van der Waals surface area contributed by atoms with Gasteiger partial charge in [0.15, 0.2) is 0 Å². The molecule has 1 amide bonds. The maximum absolute atomic E-state index is 12.3. The van der Waals surface area contributed by atoms with E-state index in [-0.39, 0.29) is 5.91 Å². The minimum Gasteiger partial charge on any atom is -0.355 e. The van der Waals surface area contributed by atoms with E-state index in [9.17, 15) is 4.79 Å². The van der Waals surface area contributed by atoms with E-state index in [0.717, 1.165) is 15.8 Å². The molecule has 1 aromatic heterocycles. The number of carbonyl (C=O) groups excluding carboxylic acids is 1. The first-order chi connectivity index (χ1) is 10.1. The fourth-order valence-electron chi connectivity index (χ4n) is 2.00. The molecule has 0 atom stereocenters. The van der Waals surface area contributed by atoms with Gasteiger partial charge in [0.05, 0.1) is 0 Å². The Labute approximate surface area is 133 Å². The third-order valence-corrected chi connectivity index (χ3v) is 3.69. The fourth-order valence-corrected chi connectivity index (χ4v) is 2.26. The average Bonchev–Trinajstić information content (AvgIpc) is 2.51. The first-order valence-corrected chi connectivity index (χ1v) is 7.71. The second kappa shape index (κ2) is 7.22. The number of carbonyl (C=O) groups is 1. The van der Waals surface area contributed by atoms with Crippen LogP contribution in [0.1, 0.15) is 24.3 Å². The highest BCUT2D eigenvalue weighted by Crippen LogP contribution is 2.19. The van der Waals surface area contributed by atoms with Gasteiger partial charge in [-0.3, -0.25) is 9.78 Å². The van der Waals surface area contributed by atoms with Crippen molar-refractivity contribution >= 4 is 33.2 Å². The van der Waals surface area contributed by atoms with E-state index < -0.39 is 0 Å². The van der Waals surface area contributed by atoms with Gasteiger partial charge < -0.3 is 10.2 Å². The van der Waals surface area contributed by atoms with Gasteiger partial charge in [0.2, 0.25) is 0 Å². The van der Waals surface area contributed by atoms with Gasteiger partial charge in [-0.25, -0.2) is 0 Å². The third kappa shape index (κ3) is 4.04. The summed E-state index contributed by atoms with van der Waals surface area (Å²) in [5.74, 6) is -0.0422. The molecule has 1 aromatic carbocycles. The molecule has 21 heavy (non-hydrogen) atoms. The number of rotatable bonds is 5. The number of hydrogen-bond donors (Lipinski definition) is 1. The molecule has 0 aliphatic heterocycles. The van der Waals surface area contributed by atoms with Gasteiger partial charge in [-0.05, 0) is 50.2 Å². The summed E-state index contributed by atoms with van der Waals surface area (Å²) in [4.78, 5) is 18.2. The molecule has 1 N–H and O–H groups in total. The molecule has 4 nitrogen and oxygen atoms in total. The van der Waals surface area contributed by atoms with E-state index in [2.05, 4.69) is 26.2 Å². The minimum atomic E-state index is -0.0422. The Balaban J connectivity index is 2.17. The summed E-state index contributed by atoms with van der Waals surface area (Å²) in [5.41, 5.74) is 2.27. The lowest BCUT2D eigenvalue weighted by Gasteiger charge is -2.18. The molecular formula is C16H18BrN3O. The maximum Gasteiger partial charge on any atom is 0.272 e. The van der Waals surface area contributed by atoms with Crippen LogP contribution >= 0.6 is 15.9 Å². The normalized spacial score (nSPS) is 10.2. The molecule has 2 rings (SSSR count). The van der Waals surface area contributed by atoms with Crippen molar-refractivity contribution in [2.24, 2.45) is 0 Å². The first kappa shape index (κ1) is 15.5. The van der Waals surface area contributed by atoms with Crippen LogP contribution in [0.5, 0.6) is 0 Å². The number of amides is 1. The van der Waals surface area contributed by atoms with Crippen LogP contribution in [0.3, 0.4) is 0 Å². The number of hydrogen-bond acceptors (Lipinski definition) is 3.